The summed E-state index contributed by atoms with van der Waals surface area (Å²) in [5.74, 6) is 2.69. The summed E-state index contributed by atoms with van der Waals surface area (Å²) in [5.41, 5.74) is 3.55. The third-order valence-corrected chi connectivity index (χ3v) is 5.82. The molecule has 0 spiro atoms. The number of carbonyl (C=O) groups is 1. The number of rotatable bonds is 5. The van der Waals surface area contributed by atoms with Gasteiger partial charge in [0.25, 0.3) is 0 Å². The van der Waals surface area contributed by atoms with E-state index in [0.717, 1.165) is 40.3 Å². The van der Waals surface area contributed by atoms with Crippen LogP contribution in [0.3, 0.4) is 0 Å². The Morgan fingerprint density at radius 2 is 2.10 bits per heavy atom. The summed E-state index contributed by atoms with van der Waals surface area (Å²) in [6.45, 7) is 2.25. The molecule has 0 radical (unpaired) electrons. The molecular formula is C23H20N2O5S. The third-order valence-electron chi connectivity index (χ3n) is 5.07. The van der Waals surface area contributed by atoms with Crippen molar-refractivity contribution in [3.63, 3.8) is 0 Å². The zero-order valence-corrected chi connectivity index (χ0v) is 17.8. The number of anilines is 1. The van der Waals surface area contributed by atoms with Gasteiger partial charge in [-0.2, -0.15) is 0 Å². The predicted molar refractivity (Wildman–Crippen MR) is 118 cm³/mol. The van der Waals surface area contributed by atoms with Gasteiger partial charge in [-0.15, -0.1) is 11.3 Å². The van der Waals surface area contributed by atoms with Gasteiger partial charge in [0.05, 0.1) is 12.8 Å². The van der Waals surface area contributed by atoms with Crippen LogP contribution in [0.25, 0.3) is 17.3 Å². The average molecular weight is 436 g/mol. The summed E-state index contributed by atoms with van der Waals surface area (Å²) in [6.07, 6.45) is 4.18. The molecule has 0 aliphatic carbocycles. The molecule has 3 heterocycles. The maximum absolute atomic E-state index is 12.4. The van der Waals surface area contributed by atoms with Gasteiger partial charge in [0.1, 0.15) is 17.6 Å². The summed E-state index contributed by atoms with van der Waals surface area (Å²) in [6, 6.07) is 9.52. The van der Waals surface area contributed by atoms with Crippen molar-refractivity contribution >= 4 is 28.5 Å². The molecule has 3 aromatic rings. The summed E-state index contributed by atoms with van der Waals surface area (Å²) < 4.78 is 22.0. The minimum absolute atomic E-state index is 0.145. The van der Waals surface area contributed by atoms with Crippen LogP contribution in [-0.2, 0) is 11.2 Å². The first-order valence-electron chi connectivity index (χ1n) is 9.81. The summed E-state index contributed by atoms with van der Waals surface area (Å²) >= 11 is 1.36. The second-order valence-corrected chi connectivity index (χ2v) is 8.12. The number of methoxy groups -OCH3 is 1. The van der Waals surface area contributed by atoms with Gasteiger partial charge in [-0.3, -0.25) is 10.1 Å². The molecular weight excluding hydrogens is 416 g/mol. The van der Waals surface area contributed by atoms with Gasteiger partial charge in [-0.25, -0.2) is 4.98 Å². The van der Waals surface area contributed by atoms with E-state index in [2.05, 4.69) is 10.3 Å². The number of hydrogen-bond acceptors (Lipinski definition) is 7. The first-order valence-corrected chi connectivity index (χ1v) is 10.7. The number of nitrogens with zero attached hydrogens (tertiary/aromatic N) is 1. The van der Waals surface area contributed by atoms with E-state index in [0.29, 0.717) is 16.6 Å². The quantitative estimate of drug-likeness (QED) is 0.593. The fourth-order valence-corrected chi connectivity index (χ4v) is 4.32. The van der Waals surface area contributed by atoms with Gasteiger partial charge < -0.3 is 18.9 Å². The molecule has 2 aromatic carbocycles. The average Bonchev–Trinajstić information content (AvgIpc) is 3.49. The van der Waals surface area contributed by atoms with Crippen LogP contribution in [0.15, 0.2) is 41.8 Å². The highest BCUT2D eigenvalue weighted by atomic mass is 32.1. The Balaban J connectivity index is 1.28. The number of fused-ring (bicyclic) bond motifs is 2. The number of benzene rings is 2. The SMILES string of the molecule is COc1cc2c(cc1/C=C/C(=O)Nc1nc(-c3ccc4c(c3)OCO4)cs1)OC(C)C2. The lowest BCUT2D eigenvalue weighted by molar-refractivity contribution is -0.111. The predicted octanol–water partition coefficient (Wildman–Crippen LogP) is 4.52. The van der Waals surface area contributed by atoms with Crippen LogP contribution >= 0.6 is 11.3 Å². The Kier molecular flexibility index (Phi) is 4.99. The van der Waals surface area contributed by atoms with Crippen molar-refractivity contribution in [2.24, 2.45) is 0 Å². The van der Waals surface area contributed by atoms with Crippen LogP contribution < -0.4 is 24.3 Å². The third kappa shape index (κ3) is 3.94. The fraction of sp³-hybridized carbons (Fsp3) is 0.217. The van der Waals surface area contributed by atoms with Crippen molar-refractivity contribution in [3.05, 3.63) is 52.9 Å². The van der Waals surface area contributed by atoms with E-state index >= 15 is 0 Å². The molecule has 7 nitrogen and oxygen atoms in total. The Bertz CT molecular complexity index is 1190. The van der Waals surface area contributed by atoms with E-state index in [1.807, 2.05) is 42.6 Å². The van der Waals surface area contributed by atoms with Gasteiger partial charge in [0, 0.05) is 34.6 Å². The molecule has 0 bridgehead atoms. The van der Waals surface area contributed by atoms with Gasteiger partial charge in [-0.1, -0.05) is 0 Å². The molecule has 1 amide bonds. The number of ether oxygens (including phenoxy) is 4. The van der Waals surface area contributed by atoms with Crippen molar-refractivity contribution in [3.8, 4) is 34.3 Å². The first-order chi connectivity index (χ1) is 15.1. The molecule has 1 unspecified atom stereocenters. The standard InChI is InChI=1S/C23H20N2O5S/c1-13-7-16-10-19(27-2)15(9-20(16)30-13)4-6-22(26)25-23-24-17(11-31-23)14-3-5-18-21(8-14)29-12-28-18/h3-6,8-11,13H,7,12H2,1-2H3,(H,24,25,26)/b6-4+. The first kappa shape index (κ1) is 19.4. The minimum Gasteiger partial charge on any atom is -0.496 e. The van der Waals surface area contributed by atoms with Gasteiger partial charge in [-0.05, 0) is 43.3 Å². The van der Waals surface area contributed by atoms with Gasteiger partial charge in [0.2, 0.25) is 12.7 Å². The second kappa shape index (κ2) is 7.96. The molecule has 8 heteroatoms. The number of carbonyl (C=O) groups excluding carboxylic acids is 1. The number of amides is 1. The number of aromatic nitrogens is 1. The van der Waals surface area contributed by atoms with E-state index in [1.165, 1.54) is 17.4 Å². The van der Waals surface area contributed by atoms with Crippen LogP contribution in [-0.4, -0.2) is 30.9 Å². The lowest BCUT2D eigenvalue weighted by Crippen LogP contribution is -2.07. The summed E-state index contributed by atoms with van der Waals surface area (Å²) in [5, 5.41) is 5.21. The largest absolute Gasteiger partial charge is 0.496 e. The molecule has 1 N–H and O–H groups in total. The topological polar surface area (TPSA) is 78.9 Å². The van der Waals surface area contributed by atoms with Crippen LogP contribution in [0.1, 0.15) is 18.1 Å². The highest BCUT2D eigenvalue weighted by Gasteiger charge is 2.21. The van der Waals surface area contributed by atoms with Crippen LogP contribution in [0.4, 0.5) is 5.13 Å². The molecule has 0 fully saturated rings. The maximum atomic E-state index is 12.4. The Morgan fingerprint density at radius 3 is 2.97 bits per heavy atom. The van der Waals surface area contributed by atoms with E-state index < -0.39 is 0 Å². The molecule has 5 rings (SSSR count). The van der Waals surface area contributed by atoms with Crippen molar-refractivity contribution in [2.75, 3.05) is 19.2 Å². The maximum Gasteiger partial charge on any atom is 0.250 e. The second-order valence-electron chi connectivity index (χ2n) is 7.26. The summed E-state index contributed by atoms with van der Waals surface area (Å²) in [7, 11) is 1.62. The molecule has 31 heavy (non-hydrogen) atoms. The normalized spacial score (nSPS) is 16.3. The molecule has 1 atom stereocenters. The van der Waals surface area contributed by atoms with E-state index in [1.54, 1.807) is 13.2 Å². The molecule has 158 valence electrons. The van der Waals surface area contributed by atoms with Crippen molar-refractivity contribution in [2.45, 2.75) is 19.4 Å². The molecule has 0 saturated heterocycles. The van der Waals surface area contributed by atoms with Crippen molar-refractivity contribution in [1.82, 2.24) is 4.98 Å². The lowest BCUT2D eigenvalue weighted by atomic mass is 10.1. The molecule has 0 saturated carbocycles. The smallest absolute Gasteiger partial charge is 0.250 e. The Labute approximate surface area is 183 Å². The molecule has 2 aliphatic heterocycles. The Morgan fingerprint density at radius 1 is 1.23 bits per heavy atom. The molecule has 2 aliphatic rings. The zero-order chi connectivity index (χ0) is 21.4. The highest BCUT2D eigenvalue weighted by molar-refractivity contribution is 7.14. The van der Waals surface area contributed by atoms with Gasteiger partial charge >= 0.3 is 0 Å². The number of nitrogens with one attached hydrogen (secondary N) is 1. The van der Waals surface area contributed by atoms with Crippen LogP contribution in [0.2, 0.25) is 0 Å². The van der Waals surface area contributed by atoms with E-state index in [-0.39, 0.29) is 18.8 Å². The Hall–Kier alpha value is -3.52. The number of hydrogen-bond donors (Lipinski definition) is 1. The number of thiazole rings is 1. The van der Waals surface area contributed by atoms with Crippen LogP contribution in [0, 0.1) is 0 Å². The monoisotopic (exact) mass is 436 g/mol. The van der Waals surface area contributed by atoms with Gasteiger partial charge in [0.15, 0.2) is 16.6 Å². The zero-order valence-electron chi connectivity index (χ0n) is 17.0. The summed E-state index contributed by atoms with van der Waals surface area (Å²) in [4.78, 5) is 16.9. The van der Waals surface area contributed by atoms with Crippen LogP contribution in [0.5, 0.6) is 23.0 Å². The van der Waals surface area contributed by atoms with Crippen molar-refractivity contribution in [1.29, 1.82) is 0 Å². The molecule has 1 aromatic heterocycles. The lowest BCUT2D eigenvalue weighted by Gasteiger charge is -2.08. The van der Waals surface area contributed by atoms with E-state index in [4.69, 9.17) is 18.9 Å². The van der Waals surface area contributed by atoms with Crippen molar-refractivity contribution < 1.29 is 23.7 Å². The fourth-order valence-electron chi connectivity index (χ4n) is 3.59. The minimum atomic E-state index is -0.275. The highest BCUT2D eigenvalue weighted by Crippen LogP contribution is 2.37. The van der Waals surface area contributed by atoms with E-state index in [9.17, 15) is 4.79 Å².